The minimum absolute atomic E-state index is 0. The van der Waals surface area contributed by atoms with Crippen molar-refractivity contribution >= 4 is 46.4 Å². The van der Waals surface area contributed by atoms with Crippen LogP contribution in [0.25, 0.3) is 0 Å². The molecule has 0 N–H and O–H groups in total. The van der Waals surface area contributed by atoms with E-state index in [2.05, 4.69) is 128 Å². The first-order chi connectivity index (χ1) is 15.4. The molecule has 2 nitrogen and oxygen atoms in total. The van der Waals surface area contributed by atoms with Crippen LogP contribution in [0.2, 0.25) is 77.6 Å². The van der Waals surface area contributed by atoms with Crippen LogP contribution in [0.4, 0.5) is 0 Å². The molecule has 2 rings (SSSR count). The molecule has 0 fully saturated rings. The minimum Gasteiger partial charge on any atom is -1.00 e. The molecule has 2 aromatic carbocycles. The van der Waals surface area contributed by atoms with Crippen LogP contribution in [0.15, 0.2) is 48.5 Å². The predicted molar refractivity (Wildman–Crippen MR) is 163 cm³/mol. The molecular weight excluding hydrogens is 631 g/mol. The van der Waals surface area contributed by atoms with E-state index in [0.29, 0.717) is 0 Å². The molecule has 0 saturated carbocycles. The maximum absolute atomic E-state index is 5.94. The molecule has 0 amide bonds. The third kappa shape index (κ3) is 21.7. The minimum atomic E-state index is -1.32. The van der Waals surface area contributed by atoms with E-state index in [-0.39, 0.29) is 24.8 Å². The summed E-state index contributed by atoms with van der Waals surface area (Å²) in [6.07, 6.45) is 0. The molecule has 36 heavy (non-hydrogen) atoms. The topological polar surface area (TPSA) is 18.5 Å². The fraction of sp³-hybridized carbons (Fsp3) is 0.593. The zero-order chi connectivity index (χ0) is 26.6. The molecule has 0 aliphatic rings. The molecule has 0 heterocycles. The number of hydrogen-bond acceptors (Lipinski definition) is 2. The van der Waals surface area contributed by atoms with Crippen molar-refractivity contribution in [3.63, 3.8) is 0 Å². The van der Waals surface area contributed by atoms with Crippen molar-refractivity contribution in [3.8, 4) is 0 Å². The fourth-order valence-corrected chi connectivity index (χ4v) is 8.99. The Kier molecular flexibility index (Phi) is 21.8. The first-order valence-electron chi connectivity index (χ1n) is 12.6. The van der Waals surface area contributed by atoms with Crippen molar-refractivity contribution in [1.29, 1.82) is 0 Å². The van der Waals surface area contributed by atoms with E-state index in [4.69, 9.17) is 8.85 Å². The molecule has 0 radical (unpaired) electrons. The second-order valence-electron chi connectivity index (χ2n) is 12.5. The summed E-state index contributed by atoms with van der Waals surface area (Å²) >= 11 is 1.55. The fourth-order valence-electron chi connectivity index (χ4n) is 3.16. The van der Waals surface area contributed by atoms with E-state index in [1.807, 2.05) is 0 Å². The third-order valence-electron chi connectivity index (χ3n) is 5.41. The van der Waals surface area contributed by atoms with E-state index in [0.717, 1.165) is 13.2 Å². The summed E-state index contributed by atoms with van der Waals surface area (Å²) in [6.45, 7) is 29.4. The summed E-state index contributed by atoms with van der Waals surface area (Å²) in [6, 6.07) is 20.1. The summed E-state index contributed by atoms with van der Waals surface area (Å²) in [4.78, 5) is 0. The van der Waals surface area contributed by atoms with E-state index in [1.54, 1.807) is 34.6 Å². The Morgan fingerprint density at radius 2 is 0.944 bits per heavy atom. The largest absolute Gasteiger partial charge is 1.00 e. The second-order valence-corrected chi connectivity index (χ2v) is 33.7. The third-order valence-corrected chi connectivity index (χ3v) is 14.3. The molecule has 0 aliphatic heterocycles. The van der Waals surface area contributed by atoms with Crippen LogP contribution in [0.1, 0.15) is 13.8 Å². The van der Waals surface area contributed by atoms with Crippen LogP contribution in [-0.2, 0) is 33.1 Å². The molecule has 0 saturated heterocycles. The summed E-state index contributed by atoms with van der Waals surface area (Å²) in [5.41, 5.74) is 0. The SMILES string of the molecule is C[C](C)=[Zr+2].C[Si](C)(C)OCC[Si](C)(C)c1ccc[cH-]1.C[Si](C)(C)OCC[Si](C)(C)c1ccc[cH-]1.[Cl-].[Cl-]. The number of rotatable bonds is 10. The molecule has 0 atom stereocenters. The van der Waals surface area contributed by atoms with Crippen molar-refractivity contribution in [2.45, 2.75) is 91.4 Å². The molecule has 2 aromatic rings. The van der Waals surface area contributed by atoms with Gasteiger partial charge in [0.05, 0.1) is 16.1 Å². The average Bonchev–Trinajstić information content (AvgIpc) is 3.34. The van der Waals surface area contributed by atoms with E-state index >= 15 is 0 Å². The van der Waals surface area contributed by atoms with Crippen LogP contribution in [-0.4, -0.2) is 49.2 Å². The van der Waals surface area contributed by atoms with Crippen molar-refractivity contribution in [2.24, 2.45) is 0 Å². The second kappa shape index (κ2) is 19.0. The van der Waals surface area contributed by atoms with Gasteiger partial charge in [0.15, 0.2) is 16.6 Å². The van der Waals surface area contributed by atoms with Crippen molar-refractivity contribution in [2.75, 3.05) is 13.2 Å². The maximum Gasteiger partial charge on any atom is 0.183 e. The van der Waals surface area contributed by atoms with Crippen molar-refractivity contribution < 1.29 is 57.9 Å². The van der Waals surface area contributed by atoms with E-state index in [1.165, 1.54) is 15.3 Å². The van der Waals surface area contributed by atoms with Gasteiger partial charge in [-0.1, -0.05) is 26.2 Å². The molecule has 0 aromatic heterocycles. The monoisotopic (exact) mass is 680 g/mol. The van der Waals surface area contributed by atoms with Crippen LogP contribution in [0.5, 0.6) is 0 Å². The van der Waals surface area contributed by atoms with Gasteiger partial charge in [0.2, 0.25) is 0 Å². The molecule has 0 spiro atoms. The Bertz CT molecular complexity index is 729. The Labute approximate surface area is 255 Å². The van der Waals surface area contributed by atoms with Crippen LogP contribution in [0.3, 0.4) is 0 Å². The molecular formula is C27H52Cl2O2Si4Zr-2. The van der Waals surface area contributed by atoms with Gasteiger partial charge in [-0.05, 0) is 51.4 Å². The van der Waals surface area contributed by atoms with Gasteiger partial charge in [-0.3, -0.25) is 0 Å². The molecule has 208 valence electrons. The van der Waals surface area contributed by atoms with Crippen LogP contribution >= 0.6 is 0 Å². The average molecular weight is 683 g/mol. The summed E-state index contributed by atoms with van der Waals surface area (Å²) in [5.74, 6) is 0. The maximum atomic E-state index is 5.94. The first-order valence-corrected chi connectivity index (χ1v) is 27.1. The normalized spacial score (nSPS) is 11.7. The van der Waals surface area contributed by atoms with Crippen molar-refractivity contribution in [1.82, 2.24) is 0 Å². The van der Waals surface area contributed by atoms with Gasteiger partial charge in [0.25, 0.3) is 0 Å². The van der Waals surface area contributed by atoms with Gasteiger partial charge in [0.1, 0.15) is 0 Å². The Morgan fingerprint density at radius 1 is 0.667 bits per heavy atom. The summed E-state index contributed by atoms with van der Waals surface area (Å²) in [7, 11) is -5.10. The molecule has 0 unspecified atom stereocenters. The van der Waals surface area contributed by atoms with Gasteiger partial charge < -0.3 is 33.7 Å². The van der Waals surface area contributed by atoms with Crippen molar-refractivity contribution in [3.05, 3.63) is 48.5 Å². The molecule has 0 bridgehead atoms. The van der Waals surface area contributed by atoms with Gasteiger partial charge in [-0.2, -0.15) is 34.6 Å². The zero-order valence-electron chi connectivity index (χ0n) is 25.0. The number of hydrogen-bond donors (Lipinski definition) is 0. The Balaban J connectivity index is -0.000000502. The van der Waals surface area contributed by atoms with Gasteiger partial charge in [-0.15, -0.1) is 0 Å². The predicted octanol–water partition coefficient (Wildman–Crippen LogP) is 1.10. The van der Waals surface area contributed by atoms with E-state index in [9.17, 15) is 0 Å². The first kappa shape index (κ1) is 41.3. The quantitative estimate of drug-likeness (QED) is 0.276. The van der Waals surface area contributed by atoms with Gasteiger partial charge in [-0.25, -0.2) is 24.3 Å². The summed E-state index contributed by atoms with van der Waals surface area (Å²) in [5, 5.41) is 3.11. The smallest absolute Gasteiger partial charge is 0.183 e. The summed E-state index contributed by atoms with van der Waals surface area (Å²) < 4.78 is 13.4. The Morgan fingerprint density at radius 3 is 1.14 bits per heavy atom. The molecule has 9 heteroatoms. The number of halogens is 2. The molecule has 0 aliphatic carbocycles. The zero-order valence-corrected chi connectivity index (χ0v) is 33.0. The van der Waals surface area contributed by atoms with Gasteiger partial charge >= 0.3 is 41.3 Å². The van der Waals surface area contributed by atoms with Gasteiger partial charge in [0, 0.05) is 13.2 Å². The van der Waals surface area contributed by atoms with Crippen LogP contribution < -0.4 is 35.2 Å². The van der Waals surface area contributed by atoms with Crippen LogP contribution in [0, 0.1) is 0 Å². The Hall–Kier alpha value is 0.821. The van der Waals surface area contributed by atoms with E-state index < -0.39 is 32.8 Å². The standard InChI is InChI=1S/2C12H23OSi2.C3H6.2ClH.Zr/c2*1-14(2,3)13-10-11-15(4,5)12-8-6-7-9-12;1-3-2;;;/h2*6-9H,10-11H2,1-5H3;1-2H3;2*1H;/q2*-1;;;;+2/p-2.